The predicted molar refractivity (Wildman–Crippen MR) is 99.9 cm³/mol. The average Bonchev–Trinajstić information content (AvgIpc) is 3.04. The molecule has 3 aromatic rings. The van der Waals surface area contributed by atoms with Crippen LogP contribution in [0.1, 0.15) is 30.3 Å². The van der Waals surface area contributed by atoms with E-state index in [0.717, 1.165) is 38.2 Å². The number of nitrogens with zero attached hydrogens (tertiary/aromatic N) is 4. The lowest BCUT2D eigenvalue weighted by molar-refractivity contribution is 0.164. The van der Waals surface area contributed by atoms with Crippen molar-refractivity contribution >= 4 is 10.9 Å². The largest absolute Gasteiger partial charge is 0.449 e. The van der Waals surface area contributed by atoms with E-state index in [1.807, 2.05) is 13.8 Å². The number of piperidine rings is 1. The van der Waals surface area contributed by atoms with Crippen LogP contribution in [0.2, 0.25) is 0 Å². The SMILES string of the molecule is Cc1nc(CN2CCC(Cn3c(C)nc4cc(F)ccc4c3=O)CC2)co1. The molecule has 1 fully saturated rings. The lowest BCUT2D eigenvalue weighted by Gasteiger charge is -2.31. The third-order valence-electron chi connectivity index (χ3n) is 5.31. The molecular weight excluding hydrogens is 347 g/mol. The van der Waals surface area contributed by atoms with Gasteiger partial charge in [-0.15, -0.1) is 0 Å². The Morgan fingerprint density at radius 1 is 1.22 bits per heavy atom. The molecule has 1 aliphatic heterocycles. The number of hydrogen-bond donors (Lipinski definition) is 0. The zero-order chi connectivity index (χ0) is 19.0. The second kappa shape index (κ2) is 7.23. The highest BCUT2D eigenvalue weighted by Crippen LogP contribution is 2.21. The number of aromatic nitrogens is 3. The fraction of sp³-hybridized carbons (Fsp3) is 0.450. The van der Waals surface area contributed by atoms with E-state index in [4.69, 9.17) is 4.42 Å². The molecule has 0 aliphatic carbocycles. The van der Waals surface area contributed by atoms with Gasteiger partial charge in [-0.1, -0.05) is 0 Å². The van der Waals surface area contributed by atoms with Crippen LogP contribution in [0.25, 0.3) is 10.9 Å². The lowest BCUT2D eigenvalue weighted by Crippen LogP contribution is -2.36. The molecule has 7 heteroatoms. The monoisotopic (exact) mass is 370 g/mol. The zero-order valence-corrected chi connectivity index (χ0v) is 15.6. The molecule has 0 atom stereocenters. The van der Waals surface area contributed by atoms with Crippen molar-refractivity contribution < 1.29 is 8.81 Å². The summed E-state index contributed by atoms with van der Waals surface area (Å²) >= 11 is 0. The van der Waals surface area contributed by atoms with Gasteiger partial charge >= 0.3 is 0 Å². The van der Waals surface area contributed by atoms with Crippen LogP contribution in [-0.2, 0) is 13.1 Å². The van der Waals surface area contributed by atoms with Gasteiger partial charge in [0.1, 0.15) is 17.9 Å². The Hall–Kier alpha value is -2.54. The molecule has 1 aromatic carbocycles. The third-order valence-corrected chi connectivity index (χ3v) is 5.31. The number of aryl methyl sites for hydroxylation is 2. The first-order valence-electron chi connectivity index (χ1n) is 9.29. The first-order valence-corrected chi connectivity index (χ1v) is 9.29. The van der Waals surface area contributed by atoms with Gasteiger partial charge in [0.25, 0.3) is 5.56 Å². The van der Waals surface area contributed by atoms with Crippen LogP contribution < -0.4 is 5.56 Å². The van der Waals surface area contributed by atoms with Crippen molar-refractivity contribution in [3.63, 3.8) is 0 Å². The Morgan fingerprint density at radius 3 is 2.70 bits per heavy atom. The second-order valence-corrected chi connectivity index (χ2v) is 7.31. The van der Waals surface area contributed by atoms with Gasteiger partial charge in [0.05, 0.1) is 16.6 Å². The minimum Gasteiger partial charge on any atom is -0.449 e. The van der Waals surface area contributed by atoms with Crippen LogP contribution in [0.3, 0.4) is 0 Å². The molecule has 1 aliphatic rings. The number of benzene rings is 1. The Balaban J connectivity index is 1.44. The van der Waals surface area contributed by atoms with Crippen LogP contribution >= 0.6 is 0 Å². The summed E-state index contributed by atoms with van der Waals surface area (Å²) in [6.45, 7) is 7.05. The molecule has 6 nitrogen and oxygen atoms in total. The molecule has 0 N–H and O–H groups in total. The first-order chi connectivity index (χ1) is 13.0. The highest BCUT2D eigenvalue weighted by molar-refractivity contribution is 5.77. The van der Waals surface area contributed by atoms with Crippen LogP contribution in [0, 0.1) is 25.6 Å². The summed E-state index contributed by atoms with van der Waals surface area (Å²) in [6.07, 6.45) is 3.75. The number of fused-ring (bicyclic) bond motifs is 1. The minimum atomic E-state index is -0.374. The van der Waals surface area contributed by atoms with Crippen molar-refractivity contribution in [2.45, 2.75) is 39.8 Å². The number of hydrogen-bond acceptors (Lipinski definition) is 5. The Morgan fingerprint density at radius 2 is 2.00 bits per heavy atom. The van der Waals surface area contributed by atoms with Gasteiger partial charge < -0.3 is 4.42 Å². The number of oxazole rings is 1. The number of halogens is 1. The minimum absolute atomic E-state index is 0.0852. The fourth-order valence-corrected chi connectivity index (χ4v) is 3.82. The van der Waals surface area contributed by atoms with Gasteiger partial charge in [0, 0.05) is 26.1 Å². The van der Waals surface area contributed by atoms with Gasteiger partial charge in [0.2, 0.25) is 0 Å². The van der Waals surface area contributed by atoms with Crippen LogP contribution in [0.15, 0.2) is 33.7 Å². The van der Waals surface area contributed by atoms with Crippen molar-refractivity contribution in [2.75, 3.05) is 13.1 Å². The first kappa shape index (κ1) is 17.9. The predicted octanol–water partition coefficient (Wildman–Crippen LogP) is 3.05. The van der Waals surface area contributed by atoms with E-state index in [-0.39, 0.29) is 11.4 Å². The molecule has 0 radical (unpaired) electrons. The van der Waals surface area contributed by atoms with Crippen molar-refractivity contribution in [1.82, 2.24) is 19.4 Å². The van der Waals surface area contributed by atoms with Crippen LogP contribution in [-0.4, -0.2) is 32.5 Å². The quantitative estimate of drug-likeness (QED) is 0.706. The molecular formula is C20H23FN4O2. The molecule has 27 heavy (non-hydrogen) atoms. The highest BCUT2D eigenvalue weighted by atomic mass is 19.1. The summed E-state index contributed by atoms with van der Waals surface area (Å²) in [6, 6.07) is 4.16. The van der Waals surface area contributed by atoms with Gasteiger partial charge in [0.15, 0.2) is 5.89 Å². The molecule has 0 spiro atoms. The summed E-state index contributed by atoms with van der Waals surface area (Å²) in [5.74, 6) is 1.38. The summed E-state index contributed by atoms with van der Waals surface area (Å²) in [7, 11) is 0. The van der Waals surface area contributed by atoms with Gasteiger partial charge in [-0.05, 0) is 50.9 Å². The maximum absolute atomic E-state index is 13.4. The van der Waals surface area contributed by atoms with E-state index < -0.39 is 0 Å². The Bertz CT molecular complexity index is 1020. The molecule has 0 amide bonds. The molecule has 142 valence electrons. The molecule has 4 rings (SSSR count). The summed E-state index contributed by atoms with van der Waals surface area (Å²) in [5.41, 5.74) is 1.30. The summed E-state index contributed by atoms with van der Waals surface area (Å²) < 4.78 is 20.4. The molecule has 0 saturated carbocycles. The number of rotatable bonds is 4. The van der Waals surface area contributed by atoms with E-state index in [1.54, 1.807) is 10.8 Å². The second-order valence-electron chi connectivity index (χ2n) is 7.31. The van der Waals surface area contributed by atoms with Gasteiger partial charge in [-0.25, -0.2) is 14.4 Å². The van der Waals surface area contributed by atoms with E-state index >= 15 is 0 Å². The van der Waals surface area contributed by atoms with Gasteiger partial charge in [-0.3, -0.25) is 14.3 Å². The Kier molecular flexibility index (Phi) is 4.78. The molecule has 3 heterocycles. The van der Waals surface area contributed by atoms with Crippen molar-refractivity contribution in [3.05, 3.63) is 58.0 Å². The maximum Gasteiger partial charge on any atom is 0.261 e. The van der Waals surface area contributed by atoms with E-state index in [0.29, 0.717) is 35.1 Å². The van der Waals surface area contributed by atoms with E-state index in [2.05, 4.69) is 14.9 Å². The van der Waals surface area contributed by atoms with Crippen molar-refractivity contribution in [3.8, 4) is 0 Å². The topological polar surface area (TPSA) is 64.2 Å². The molecule has 2 aromatic heterocycles. The fourth-order valence-electron chi connectivity index (χ4n) is 3.82. The van der Waals surface area contributed by atoms with Crippen molar-refractivity contribution in [1.29, 1.82) is 0 Å². The van der Waals surface area contributed by atoms with Crippen LogP contribution in [0.5, 0.6) is 0 Å². The summed E-state index contributed by atoms with van der Waals surface area (Å²) in [5, 5.41) is 0.473. The van der Waals surface area contributed by atoms with E-state index in [9.17, 15) is 9.18 Å². The van der Waals surface area contributed by atoms with Crippen LogP contribution in [0.4, 0.5) is 4.39 Å². The molecule has 1 saturated heterocycles. The highest BCUT2D eigenvalue weighted by Gasteiger charge is 2.22. The zero-order valence-electron chi connectivity index (χ0n) is 15.6. The summed E-state index contributed by atoms with van der Waals surface area (Å²) in [4.78, 5) is 24.0. The number of likely N-dealkylation sites (tertiary alicyclic amines) is 1. The average molecular weight is 370 g/mol. The van der Waals surface area contributed by atoms with Gasteiger partial charge in [-0.2, -0.15) is 0 Å². The smallest absolute Gasteiger partial charge is 0.261 e. The standard InChI is InChI=1S/C20H23FN4O2/c1-13-22-19-9-16(21)3-4-18(19)20(26)25(13)10-15-5-7-24(8-6-15)11-17-12-27-14(2)23-17/h3-4,9,12,15H,5-8,10-11H2,1-2H3. The van der Waals surface area contributed by atoms with E-state index in [1.165, 1.54) is 18.2 Å². The third kappa shape index (κ3) is 3.78. The Labute approximate surface area is 156 Å². The molecule has 0 bridgehead atoms. The van der Waals surface area contributed by atoms with Crippen molar-refractivity contribution in [2.24, 2.45) is 5.92 Å². The normalized spacial score (nSPS) is 16.3. The molecule has 0 unspecified atom stereocenters. The maximum atomic E-state index is 13.4. The lowest BCUT2D eigenvalue weighted by atomic mass is 9.96.